The number of hydrogen-bond donors (Lipinski definition) is 0. The number of esters is 1. The Morgan fingerprint density at radius 2 is 1.91 bits per heavy atom. The molecule has 0 unspecified atom stereocenters. The summed E-state index contributed by atoms with van der Waals surface area (Å²) in [7, 11) is 0. The van der Waals surface area contributed by atoms with E-state index >= 15 is 0 Å². The third kappa shape index (κ3) is 3.81. The molecular formula is C18H30N2O2. The molecule has 0 amide bonds. The van der Waals surface area contributed by atoms with Crippen molar-refractivity contribution in [2.24, 2.45) is 17.3 Å². The first-order chi connectivity index (χ1) is 10.2. The maximum atomic E-state index is 12.4. The van der Waals surface area contributed by atoms with Crippen molar-refractivity contribution in [1.82, 2.24) is 4.90 Å². The first-order valence-electron chi connectivity index (χ1n) is 8.50. The quantitative estimate of drug-likeness (QED) is 0.577. The summed E-state index contributed by atoms with van der Waals surface area (Å²) >= 11 is 0. The summed E-state index contributed by atoms with van der Waals surface area (Å²) in [5, 5.41) is 9.11. The Kier molecular flexibility index (Phi) is 4.87. The Labute approximate surface area is 134 Å². The molecule has 0 heterocycles. The molecule has 2 aliphatic carbocycles. The number of ether oxygens (including phenoxy) is 1. The molecule has 4 heteroatoms. The van der Waals surface area contributed by atoms with Crippen LogP contribution in [0.5, 0.6) is 0 Å². The van der Waals surface area contributed by atoms with Crippen molar-refractivity contribution < 1.29 is 9.53 Å². The van der Waals surface area contributed by atoms with Crippen molar-refractivity contribution in [3.05, 3.63) is 0 Å². The minimum atomic E-state index is -0.432. The summed E-state index contributed by atoms with van der Waals surface area (Å²) in [6.45, 7) is 11.3. The van der Waals surface area contributed by atoms with Crippen LogP contribution in [0.1, 0.15) is 60.3 Å². The smallest absolute Gasteiger partial charge is 0.310 e. The summed E-state index contributed by atoms with van der Waals surface area (Å²) in [4.78, 5) is 14.7. The van der Waals surface area contributed by atoms with Crippen molar-refractivity contribution in [2.45, 2.75) is 71.9 Å². The Bertz CT molecular complexity index is 453. The molecule has 0 spiro atoms. The van der Waals surface area contributed by atoms with E-state index in [0.717, 1.165) is 6.54 Å². The minimum absolute atomic E-state index is 0.0192. The number of carbonyl (C=O) groups is 1. The minimum Gasteiger partial charge on any atom is -0.460 e. The fourth-order valence-corrected chi connectivity index (χ4v) is 3.87. The van der Waals surface area contributed by atoms with Crippen LogP contribution in [0.2, 0.25) is 0 Å². The molecule has 2 saturated carbocycles. The average Bonchev–Trinajstić information content (AvgIpc) is 2.78. The van der Waals surface area contributed by atoms with Crippen LogP contribution < -0.4 is 0 Å². The van der Waals surface area contributed by atoms with Gasteiger partial charge in [-0.25, -0.2) is 0 Å². The zero-order chi connectivity index (χ0) is 16.5. The molecule has 0 N–H and O–H groups in total. The van der Waals surface area contributed by atoms with E-state index in [1.54, 1.807) is 0 Å². The largest absolute Gasteiger partial charge is 0.460 e. The zero-order valence-corrected chi connectivity index (χ0v) is 14.7. The van der Waals surface area contributed by atoms with Crippen molar-refractivity contribution in [2.75, 3.05) is 13.1 Å². The van der Waals surface area contributed by atoms with E-state index in [9.17, 15) is 4.79 Å². The third-order valence-corrected chi connectivity index (χ3v) is 5.26. The molecule has 22 heavy (non-hydrogen) atoms. The fourth-order valence-electron chi connectivity index (χ4n) is 3.87. The van der Waals surface area contributed by atoms with Gasteiger partial charge in [0.05, 0.1) is 18.5 Å². The first-order valence-corrected chi connectivity index (χ1v) is 8.50. The lowest BCUT2D eigenvalue weighted by molar-refractivity contribution is -0.157. The highest BCUT2D eigenvalue weighted by molar-refractivity contribution is 5.78. The Morgan fingerprint density at radius 3 is 2.41 bits per heavy atom. The van der Waals surface area contributed by atoms with Gasteiger partial charge in [0.2, 0.25) is 0 Å². The second-order valence-corrected chi connectivity index (χ2v) is 8.46. The predicted molar refractivity (Wildman–Crippen MR) is 86.0 cm³/mol. The van der Waals surface area contributed by atoms with Crippen LogP contribution >= 0.6 is 0 Å². The van der Waals surface area contributed by atoms with Crippen molar-refractivity contribution in [3.63, 3.8) is 0 Å². The molecule has 0 bridgehead atoms. The number of carbonyl (C=O) groups excluding carboxylic acids is 1. The molecule has 0 radical (unpaired) electrons. The molecule has 0 saturated heterocycles. The molecule has 0 aliphatic heterocycles. The molecule has 2 atom stereocenters. The molecule has 2 aliphatic rings. The normalized spacial score (nSPS) is 27.7. The molecule has 0 aromatic rings. The van der Waals surface area contributed by atoms with Gasteiger partial charge in [0.15, 0.2) is 0 Å². The number of nitriles is 1. The van der Waals surface area contributed by atoms with Crippen LogP contribution in [-0.2, 0) is 9.53 Å². The van der Waals surface area contributed by atoms with Crippen LogP contribution in [0.4, 0.5) is 0 Å². The zero-order valence-electron chi connectivity index (χ0n) is 14.7. The van der Waals surface area contributed by atoms with E-state index in [4.69, 9.17) is 10.00 Å². The molecule has 2 fully saturated rings. The Balaban J connectivity index is 1.99. The summed E-state index contributed by atoms with van der Waals surface area (Å²) in [6, 6.07) is 2.82. The van der Waals surface area contributed by atoms with Crippen LogP contribution in [0.25, 0.3) is 0 Å². The monoisotopic (exact) mass is 306 g/mol. The van der Waals surface area contributed by atoms with Gasteiger partial charge in [-0.3, -0.25) is 9.69 Å². The average molecular weight is 306 g/mol. The van der Waals surface area contributed by atoms with E-state index in [-0.39, 0.29) is 17.3 Å². The lowest BCUT2D eigenvalue weighted by Crippen LogP contribution is -2.36. The molecule has 124 valence electrons. The van der Waals surface area contributed by atoms with Crippen molar-refractivity contribution in [1.29, 1.82) is 5.26 Å². The molecule has 4 nitrogen and oxygen atoms in total. The number of hydrogen-bond acceptors (Lipinski definition) is 4. The van der Waals surface area contributed by atoms with Crippen LogP contribution in [0.15, 0.2) is 0 Å². The van der Waals surface area contributed by atoms with Crippen LogP contribution in [0, 0.1) is 28.6 Å². The highest BCUT2D eigenvalue weighted by atomic mass is 16.6. The van der Waals surface area contributed by atoms with Gasteiger partial charge < -0.3 is 4.74 Å². The van der Waals surface area contributed by atoms with E-state index in [2.05, 4.69) is 24.8 Å². The van der Waals surface area contributed by atoms with Gasteiger partial charge >= 0.3 is 5.97 Å². The van der Waals surface area contributed by atoms with Gasteiger partial charge in [-0.05, 0) is 44.9 Å². The second-order valence-electron chi connectivity index (χ2n) is 8.46. The molecular weight excluding hydrogens is 276 g/mol. The summed E-state index contributed by atoms with van der Waals surface area (Å²) < 4.78 is 5.57. The Morgan fingerprint density at radius 1 is 1.32 bits per heavy atom. The van der Waals surface area contributed by atoms with Gasteiger partial charge in [-0.1, -0.05) is 26.7 Å². The summed E-state index contributed by atoms with van der Waals surface area (Å²) in [5.41, 5.74) is -0.452. The van der Waals surface area contributed by atoms with Crippen LogP contribution in [-0.4, -0.2) is 35.6 Å². The Hall–Kier alpha value is -1.08. The number of rotatable bonds is 5. The van der Waals surface area contributed by atoms with E-state index in [0.29, 0.717) is 18.5 Å². The van der Waals surface area contributed by atoms with Gasteiger partial charge in [-0.2, -0.15) is 5.26 Å². The van der Waals surface area contributed by atoms with Gasteiger partial charge in [0, 0.05) is 12.6 Å². The molecule has 2 rings (SSSR count). The standard InChI is InChI=1S/C18H30N2O2/c1-17(2,3)22-16(21)15-14(18(15,4)5)12-20(11-10-19)13-8-6-7-9-13/h13-15H,6-9,11-12H2,1-5H3/t14-,15+/m1/s1. The lowest BCUT2D eigenvalue weighted by Gasteiger charge is -2.26. The third-order valence-electron chi connectivity index (χ3n) is 5.26. The maximum Gasteiger partial charge on any atom is 0.310 e. The molecule has 0 aromatic carbocycles. The summed E-state index contributed by atoms with van der Waals surface area (Å²) in [5.74, 6) is 0.191. The molecule has 0 aromatic heterocycles. The van der Waals surface area contributed by atoms with E-state index in [1.807, 2.05) is 20.8 Å². The van der Waals surface area contributed by atoms with Gasteiger partial charge in [0.25, 0.3) is 0 Å². The van der Waals surface area contributed by atoms with Crippen molar-refractivity contribution >= 4 is 5.97 Å². The topological polar surface area (TPSA) is 53.3 Å². The van der Waals surface area contributed by atoms with Crippen molar-refractivity contribution in [3.8, 4) is 6.07 Å². The first kappa shape index (κ1) is 17.3. The lowest BCUT2D eigenvalue weighted by atomic mass is 10.1. The van der Waals surface area contributed by atoms with E-state index < -0.39 is 5.60 Å². The van der Waals surface area contributed by atoms with E-state index in [1.165, 1.54) is 25.7 Å². The highest BCUT2D eigenvalue weighted by Crippen LogP contribution is 2.59. The maximum absolute atomic E-state index is 12.4. The SMILES string of the molecule is CC(C)(C)OC(=O)[C@@H]1[C@@H](CN(CC#N)C2CCCC2)C1(C)C. The number of nitrogens with zero attached hydrogens (tertiary/aromatic N) is 2. The highest BCUT2D eigenvalue weighted by Gasteiger charge is 2.63. The van der Waals surface area contributed by atoms with Crippen LogP contribution in [0.3, 0.4) is 0 Å². The predicted octanol–water partition coefficient (Wildman–Crippen LogP) is 3.37. The summed E-state index contributed by atoms with van der Waals surface area (Å²) in [6.07, 6.45) is 4.89. The fraction of sp³-hybridized carbons (Fsp3) is 0.889. The van der Waals surface area contributed by atoms with Gasteiger partial charge in [-0.15, -0.1) is 0 Å². The van der Waals surface area contributed by atoms with Gasteiger partial charge in [0.1, 0.15) is 5.60 Å². The second kappa shape index (κ2) is 6.20.